The second kappa shape index (κ2) is 36.4. The molecule has 0 heterocycles. The Kier molecular flexibility index (Phi) is 35.4. The number of hydrogen-bond donors (Lipinski definition) is 0. The van der Waals surface area contributed by atoms with Crippen molar-refractivity contribution in [2.45, 2.75) is 232 Å². The number of nitrogens with zero attached hydrogens (tertiary/aromatic N) is 1. The van der Waals surface area contributed by atoms with Crippen LogP contribution >= 0.6 is 0 Å². The van der Waals surface area contributed by atoms with Crippen LogP contribution in [0.2, 0.25) is 0 Å². The zero-order valence-corrected chi connectivity index (χ0v) is 33.6. The molecule has 1 atom stereocenters. The Hall–Kier alpha value is -1.36. The molecule has 5 nitrogen and oxygen atoms in total. The van der Waals surface area contributed by atoms with Gasteiger partial charge in [-0.2, -0.15) is 0 Å². The maximum Gasteiger partial charge on any atom is 0.306 e. The molecule has 49 heavy (non-hydrogen) atoms. The molecule has 0 saturated carbocycles. The Morgan fingerprint density at radius 2 is 0.918 bits per heavy atom. The lowest BCUT2D eigenvalue weighted by atomic mass is 10.0. The summed E-state index contributed by atoms with van der Waals surface area (Å²) in [5, 5.41) is 10.9. The van der Waals surface area contributed by atoms with Crippen molar-refractivity contribution in [3.05, 3.63) is 12.2 Å². The SMILES string of the molecule is CCCCCCCCC=CCCCCCCCC(=O)OC(CCCCCCCCCCCCCCCCCC)C[N+](C)(C)CCCC(=O)[O-]. The van der Waals surface area contributed by atoms with E-state index in [0.717, 1.165) is 38.8 Å². The molecule has 0 amide bonds. The largest absolute Gasteiger partial charge is 0.550 e. The Bertz CT molecular complexity index is 749. The number of carbonyl (C=O) groups excluding carboxylic acids is 2. The smallest absolute Gasteiger partial charge is 0.306 e. The number of rotatable bonds is 39. The van der Waals surface area contributed by atoms with E-state index in [2.05, 4.69) is 40.1 Å². The van der Waals surface area contributed by atoms with Crippen molar-refractivity contribution >= 4 is 11.9 Å². The lowest BCUT2D eigenvalue weighted by Gasteiger charge is -2.33. The minimum Gasteiger partial charge on any atom is -0.550 e. The molecule has 0 N–H and O–H groups in total. The van der Waals surface area contributed by atoms with E-state index >= 15 is 0 Å². The van der Waals surface area contributed by atoms with Crippen molar-refractivity contribution in [1.82, 2.24) is 0 Å². The zero-order chi connectivity index (χ0) is 36.1. The number of esters is 1. The number of ether oxygens (including phenoxy) is 1. The highest BCUT2D eigenvalue weighted by molar-refractivity contribution is 5.69. The third-order valence-corrected chi connectivity index (χ3v) is 10.2. The van der Waals surface area contributed by atoms with Gasteiger partial charge in [-0.05, 0) is 51.4 Å². The normalized spacial score (nSPS) is 12.6. The Labute approximate surface area is 306 Å². The Morgan fingerprint density at radius 3 is 1.35 bits per heavy atom. The van der Waals surface area contributed by atoms with E-state index in [4.69, 9.17) is 4.74 Å². The standard InChI is InChI=1S/C44H85NO4/c1-5-7-9-11-13-15-17-19-21-23-24-26-28-30-32-34-37-42(41-45(3,4)40-36-38-43(46)47)49-44(48)39-35-33-31-29-27-25-22-20-18-16-14-12-10-8-6-2/h20,22,42H,5-19,21,23-41H2,1-4H3. The van der Waals surface area contributed by atoms with Crippen LogP contribution in [0.1, 0.15) is 226 Å². The summed E-state index contributed by atoms with van der Waals surface area (Å²) < 4.78 is 6.73. The molecule has 0 aromatic rings. The molecule has 0 radical (unpaired) electrons. The summed E-state index contributed by atoms with van der Waals surface area (Å²) in [5.41, 5.74) is 0. The third kappa shape index (κ3) is 37.7. The van der Waals surface area contributed by atoms with Crippen molar-refractivity contribution in [1.29, 1.82) is 0 Å². The second-order valence-corrected chi connectivity index (χ2v) is 15.9. The maximum atomic E-state index is 12.8. The summed E-state index contributed by atoms with van der Waals surface area (Å²) in [6.45, 7) is 6.04. The molecule has 0 aliphatic heterocycles. The summed E-state index contributed by atoms with van der Waals surface area (Å²) in [6.07, 6.45) is 44.5. The van der Waals surface area contributed by atoms with Gasteiger partial charge < -0.3 is 19.1 Å². The lowest BCUT2D eigenvalue weighted by molar-refractivity contribution is -0.893. The van der Waals surface area contributed by atoms with Crippen LogP contribution in [0.3, 0.4) is 0 Å². The molecule has 0 rings (SSSR count). The Morgan fingerprint density at radius 1 is 0.531 bits per heavy atom. The van der Waals surface area contributed by atoms with Crippen LogP contribution in [0, 0.1) is 0 Å². The van der Waals surface area contributed by atoms with Gasteiger partial charge in [-0.15, -0.1) is 0 Å². The molecule has 0 spiro atoms. The van der Waals surface area contributed by atoms with Gasteiger partial charge in [0.25, 0.3) is 0 Å². The first-order valence-corrected chi connectivity index (χ1v) is 21.7. The monoisotopic (exact) mass is 692 g/mol. The van der Waals surface area contributed by atoms with E-state index in [9.17, 15) is 14.7 Å². The molecule has 0 aromatic heterocycles. The van der Waals surface area contributed by atoms with Crippen LogP contribution in [0.4, 0.5) is 0 Å². The topological polar surface area (TPSA) is 66.4 Å². The molecular weight excluding hydrogens is 606 g/mol. The maximum absolute atomic E-state index is 12.8. The van der Waals surface area contributed by atoms with Gasteiger partial charge in [0.05, 0.1) is 20.6 Å². The highest BCUT2D eigenvalue weighted by Crippen LogP contribution is 2.18. The fourth-order valence-corrected chi connectivity index (χ4v) is 6.99. The highest BCUT2D eigenvalue weighted by atomic mass is 16.5. The van der Waals surface area contributed by atoms with Crippen molar-refractivity contribution in [2.24, 2.45) is 0 Å². The fourth-order valence-electron chi connectivity index (χ4n) is 6.99. The van der Waals surface area contributed by atoms with E-state index in [1.807, 2.05) is 0 Å². The van der Waals surface area contributed by atoms with Crippen LogP contribution in [0.15, 0.2) is 12.2 Å². The molecule has 0 fully saturated rings. The number of allylic oxidation sites excluding steroid dienone is 2. The molecule has 0 bridgehead atoms. The van der Waals surface area contributed by atoms with Crippen molar-refractivity contribution in [3.8, 4) is 0 Å². The third-order valence-electron chi connectivity index (χ3n) is 10.2. The second-order valence-electron chi connectivity index (χ2n) is 15.9. The summed E-state index contributed by atoms with van der Waals surface area (Å²) >= 11 is 0. The molecule has 0 saturated heterocycles. The van der Waals surface area contributed by atoms with Crippen molar-refractivity contribution in [2.75, 3.05) is 27.2 Å². The van der Waals surface area contributed by atoms with Crippen LogP contribution in [0.25, 0.3) is 0 Å². The molecular formula is C44H85NO4. The first-order chi connectivity index (χ1) is 23.8. The number of aliphatic carboxylic acids is 1. The molecule has 290 valence electrons. The van der Waals surface area contributed by atoms with Crippen molar-refractivity contribution in [3.63, 3.8) is 0 Å². The first-order valence-electron chi connectivity index (χ1n) is 21.7. The number of unbranched alkanes of at least 4 members (excludes halogenated alkanes) is 26. The van der Waals surface area contributed by atoms with E-state index in [1.54, 1.807) is 0 Å². The average Bonchev–Trinajstić information content (AvgIpc) is 3.05. The number of carboxylic acid groups (broad SMARTS) is 1. The quantitative estimate of drug-likeness (QED) is 0.0278. The van der Waals surface area contributed by atoms with Crippen LogP contribution in [-0.4, -0.2) is 49.7 Å². The molecule has 0 aliphatic rings. The van der Waals surface area contributed by atoms with Gasteiger partial charge in [-0.1, -0.05) is 174 Å². The summed E-state index contributed by atoms with van der Waals surface area (Å²) in [6, 6.07) is 0. The van der Waals surface area contributed by atoms with Crippen LogP contribution < -0.4 is 5.11 Å². The van der Waals surface area contributed by atoms with Gasteiger partial charge in [0, 0.05) is 18.8 Å². The highest BCUT2D eigenvalue weighted by Gasteiger charge is 2.24. The zero-order valence-electron chi connectivity index (χ0n) is 33.6. The predicted molar refractivity (Wildman–Crippen MR) is 210 cm³/mol. The summed E-state index contributed by atoms with van der Waals surface area (Å²) in [5.74, 6) is -1.05. The lowest BCUT2D eigenvalue weighted by Crippen LogP contribution is -2.47. The first kappa shape index (κ1) is 47.6. The Balaban J connectivity index is 4.15. The van der Waals surface area contributed by atoms with Gasteiger partial charge in [0.1, 0.15) is 6.54 Å². The van der Waals surface area contributed by atoms with Gasteiger partial charge in [0.2, 0.25) is 0 Å². The van der Waals surface area contributed by atoms with Gasteiger partial charge >= 0.3 is 5.97 Å². The summed E-state index contributed by atoms with van der Waals surface area (Å²) in [4.78, 5) is 23.7. The van der Waals surface area contributed by atoms with Crippen molar-refractivity contribution < 1.29 is 23.9 Å². The van der Waals surface area contributed by atoms with E-state index in [1.165, 1.54) is 167 Å². The van der Waals surface area contributed by atoms with Gasteiger partial charge in [-0.25, -0.2) is 0 Å². The number of hydrogen-bond acceptors (Lipinski definition) is 4. The number of carbonyl (C=O) groups is 2. The minimum atomic E-state index is -0.990. The van der Waals surface area contributed by atoms with Gasteiger partial charge in [0.15, 0.2) is 6.10 Å². The van der Waals surface area contributed by atoms with Gasteiger partial charge in [-0.3, -0.25) is 4.79 Å². The van der Waals surface area contributed by atoms with E-state index < -0.39 is 5.97 Å². The molecule has 0 aliphatic carbocycles. The minimum absolute atomic E-state index is 0.0612. The molecule has 5 heteroatoms. The predicted octanol–water partition coefficient (Wildman–Crippen LogP) is 12.2. The van der Waals surface area contributed by atoms with E-state index in [-0.39, 0.29) is 18.5 Å². The molecule has 0 aromatic carbocycles. The van der Waals surface area contributed by atoms with Crippen LogP contribution in [-0.2, 0) is 14.3 Å². The number of carboxylic acids is 1. The van der Waals surface area contributed by atoms with E-state index in [0.29, 0.717) is 17.3 Å². The summed E-state index contributed by atoms with van der Waals surface area (Å²) in [7, 11) is 4.24. The molecule has 1 unspecified atom stereocenters. The number of likely N-dealkylation sites (N-methyl/N-ethyl adjacent to an activating group) is 1. The van der Waals surface area contributed by atoms with Crippen LogP contribution in [0.5, 0.6) is 0 Å². The number of quaternary nitrogens is 1. The fraction of sp³-hybridized carbons (Fsp3) is 0.909. The average molecular weight is 692 g/mol.